The van der Waals surface area contributed by atoms with E-state index in [0.29, 0.717) is 5.75 Å². The lowest BCUT2D eigenvalue weighted by atomic mass is 9.92. The van der Waals surface area contributed by atoms with E-state index in [1.54, 1.807) is 0 Å². The zero-order chi connectivity index (χ0) is 18.4. The molecule has 2 aromatic rings. The van der Waals surface area contributed by atoms with Gasteiger partial charge in [0, 0.05) is 0 Å². The second-order valence-electron chi connectivity index (χ2n) is 6.52. The highest BCUT2D eigenvalue weighted by Gasteiger charge is 2.32. The summed E-state index contributed by atoms with van der Waals surface area (Å²) in [4.78, 5) is 13.2. The number of benzene rings is 2. The van der Waals surface area contributed by atoms with Crippen molar-refractivity contribution in [1.29, 1.82) is 0 Å². The molecule has 0 aliphatic carbocycles. The first kappa shape index (κ1) is 18.6. The number of hydrogen-bond donors (Lipinski definition) is 1. The molecular formula is C21H25NO3. The number of ether oxygens (including phenoxy) is 1. The number of carbonyl (C=O) groups is 1. The van der Waals surface area contributed by atoms with E-state index >= 15 is 0 Å². The molecule has 0 bridgehead atoms. The fourth-order valence-electron chi connectivity index (χ4n) is 2.72. The van der Waals surface area contributed by atoms with Crippen molar-refractivity contribution in [2.75, 3.05) is 13.2 Å². The topological polar surface area (TPSA) is 49.8 Å². The van der Waals surface area contributed by atoms with E-state index in [2.05, 4.69) is 6.58 Å². The molecule has 0 radical (unpaired) electrons. The highest BCUT2D eigenvalue weighted by Crippen LogP contribution is 2.27. The molecule has 0 saturated carbocycles. The lowest BCUT2D eigenvalue weighted by Gasteiger charge is -2.37. The molecule has 0 aliphatic heterocycles. The van der Waals surface area contributed by atoms with Crippen molar-refractivity contribution in [2.24, 2.45) is 0 Å². The molecule has 2 aromatic carbocycles. The van der Waals surface area contributed by atoms with Crippen LogP contribution in [0.1, 0.15) is 31.9 Å². The number of carboxylic acid groups (broad SMARTS) is 1. The van der Waals surface area contributed by atoms with Crippen LogP contribution < -0.4 is 4.74 Å². The van der Waals surface area contributed by atoms with E-state index in [9.17, 15) is 9.90 Å². The van der Waals surface area contributed by atoms with E-state index < -0.39 is 11.6 Å². The second-order valence-corrected chi connectivity index (χ2v) is 6.52. The largest absolute Gasteiger partial charge is 0.492 e. The second kappa shape index (κ2) is 7.88. The molecule has 4 nitrogen and oxygen atoms in total. The smallest absolute Gasteiger partial charge is 0.408 e. The number of amides is 1. The Kier molecular flexibility index (Phi) is 5.86. The van der Waals surface area contributed by atoms with Crippen LogP contribution in [0.3, 0.4) is 0 Å². The number of hydrogen-bond acceptors (Lipinski definition) is 2. The van der Waals surface area contributed by atoms with Gasteiger partial charge in [0.25, 0.3) is 0 Å². The molecular weight excluding hydrogens is 314 g/mol. The third kappa shape index (κ3) is 4.63. The molecule has 2 rings (SSSR count). The highest BCUT2D eigenvalue weighted by molar-refractivity contribution is 5.66. The molecule has 0 fully saturated rings. The predicted molar refractivity (Wildman–Crippen MR) is 101 cm³/mol. The van der Waals surface area contributed by atoms with Crippen LogP contribution in [0.25, 0.3) is 5.57 Å². The quantitative estimate of drug-likeness (QED) is 0.771. The summed E-state index contributed by atoms with van der Waals surface area (Å²) in [6.45, 7) is 10.2. The molecule has 0 saturated heterocycles. The van der Waals surface area contributed by atoms with Crippen molar-refractivity contribution in [3.8, 4) is 5.75 Å². The van der Waals surface area contributed by atoms with Gasteiger partial charge in [0.2, 0.25) is 0 Å². The summed E-state index contributed by atoms with van der Waals surface area (Å²) >= 11 is 0. The highest BCUT2D eigenvalue weighted by atomic mass is 16.5. The Hall–Kier alpha value is -2.75. The van der Waals surface area contributed by atoms with E-state index in [1.165, 1.54) is 4.90 Å². The van der Waals surface area contributed by atoms with Crippen molar-refractivity contribution in [2.45, 2.75) is 26.3 Å². The van der Waals surface area contributed by atoms with Gasteiger partial charge >= 0.3 is 6.09 Å². The molecule has 0 unspecified atom stereocenters. The zero-order valence-electron chi connectivity index (χ0n) is 15.0. The van der Waals surface area contributed by atoms with Crippen LogP contribution in [0, 0.1) is 0 Å². The molecule has 132 valence electrons. The lowest BCUT2D eigenvalue weighted by molar-refractivity contribution is 0.0802. The summed E-state index contributed by atoms with van der Waals surface area (Å²) in [5, 5.41) is 9.64. The first-order chi connectivity index (χ1) is 11.8. The fourth-order valence-corrected chi connectivity index (χ4v) is 2.72. The molecule has 1 N–H and O–H groups in total. The number of nitrogens with zero attached hydrogens (tertiary/aromatic N) is 1. The first-order valence-electron chi connectivity index (χ1n) is 8.27. The third-order valence-corrected chi connectivity index (χ3v) is 4.30. The maximum absolute atomic E-state index is 11.8. The van der Waals surface area contributed by atoms with Gasteiger partial charge in [-0.1, -0.05) is 54.6 Å². The normalized spacial score (nSPS) is 11.0. The van der Waals surface area contributed by atoms with Crippen molar-refractivity contribution in [3.05, 3.63) is 72.3 Å². The molecule has 0 atom stereocenters. The Labute approximate surface area is 149 Å². The maximum Gasteiger partial charge on any atom is 0.408 e. The van der Waals surface area contributed by atoms with Crippen molar-refractivity contribution in [1.82, 2.24) is 4.90 Å². The van der Waals surface area contributed by atoms with Gasteiger partial charge in [-0.15, -0.1) is 0 Å². The Balaban J connectivity index is 2.07. The maximum atomic E-state index is 11.8. The Morgan fingerprint density at radius 3 is 2.44 bits per heavy atom. The van der Waals surface area contributed by atoms with Crippen LogP contribution in [-0.2, 0) is 5.54 Å². The first-order valence-corrected chi connectivity index (χ1v) is 8.27. The summed E-state index contributed by atoms with van der Waals surface area (Å²) in [6, 6.07) is 17.3. The average molecular weight is 339 g/mol. The molecule has 0 spiro atoms. The molecule has 0 aliphatic rings. The van der Waals surface area contributed by atoms with Crippen LogP contribution in [0.5, 0.6) is 5.75 Å². The molecule has 0 heterocycles. The van der Waals surface area contributed by atoms with Gasteiger partial charge < -0.3 is 9.84 Å². The minimum Gasteiger partial charge on any atom is -0.492 e. The van der Waals surface area contributed by atoms with Crippen molar-refractivity contribution in [3.63, 3.8) is 0 Å². The van der Waals surface area contributed by atoms with E-state index in [-0.39, 0.29) is 13.2 Å². The monoisotopic (exact) mass is 339 g/mol. The van der Waals surface area contributed by atoms with Crippen LogP contribution in [0.15, 0.2) is 61.2 Å². The van der Waals surface area contributed by atoms with Crippen LogP contribution in [-0.4, -0.2) is 29.3 Å². The van der Waals surface area contributed by atoms with Crippen LogP contribution in [0.2, 0.25) is 0 Å². The van der Waals surface area contributed by atoms with Gasteiger partial charge in [0.05, 0.1) is 12.1 Å². The minimum absolute atomic E-state index is 0.272. The SMILES string of the molecule is C=C(C)c1cccc(OCCN(C(=O)O)C(C)(C)c2ccccc2)c1. The Bertz CT molecular complexity index is 738. The standard InChI is InChI=1S/C21H25NO3/c1-16(2)17-9-8-12-19(15-17)25-14-13-22(20(23)24)21(3,4)18-10-6-5-7-11-18/h5-12,15H,1,13-14H2,2-4H3,(H,23,24). The fraction of sp³-hybridized carbons (Fsp3) is 0.286. The van der Waals surface area contributed by atoms with Crippen molar-refractivity contribution < 1.29 is 14.6 Å². The van der Waals surface area contributed by atoms with E-state index in [0.717, 1.165) is 16.7 Å². The molecule has 0 aromatic heterocycles. The summed E-state index contributed by atoms with van der Waals surface area (Å²) in [6.07, 6.45) is -0.965. The Morgan fingerprint density at radius 1 is 1.16 bits per heavy atom. The van der Waals surface area contributed by atoms with E-state index in [4.69, 9.17) is 4.74 Å². The molecule has 1 amide bonds. The Morgan fingerprint density at radius 2 is 1.84 bits per heavy atom. The van der Waals surface area contributed by atoms with Crippen molar-refractivity contribution >= 4 is 11.7 Å². The summed E-state index contributed by atoms with van der Waals surface area (Å²) in [7, 11) is 0. The van der Waals surface area contributed by atoms with Crippen LogP contribution in [0.4, 0.5) is 4.79 Å². The summed E-state index contributed by atoms with van der Waals surface area (Å²) in [5.41, 5.74) is 2.28. The zero-order valence-corrected chi connectivity index (χ0v) is 15.0. The third-order valence-electron chi connectivity index (χ3n) is 4.30. The van der Waals surface area contributed by atoms with Gasteiger partial charge in [-0.2, -0.15) is 0 Å². The number of rotatable bonds is 7. The van der Waals surface area contributed by atoms with Gasteiger partial charge in [-0.05, 0) is 44.0 Å². The van der Waals surface area contributed by atoms with Gasteiger partial charge in [0.15, 0.2) is 0 Å². The predicted octanol–water partition coefficient (Wildman–Crippen LogP) is 5.01. The summed E-state index contributed by atoms with van der Waals surface area (Å²) in [5.74, 6) is 0.711. The average Bonchev–Trinajstić information content (AvgIpc) is 2.59. The summed E-state index contributed by atoms with van der Waals surface area (Å²) < 4.78 is 5.76. The number of allylic oxidation sites excluding steroid dienone is 1. The van der Waals surface area contributed by atoms with Gasteiger partial charge in [-0.25, -0.2) is 4.79 Å². The molecule has 4 heteroatoms. The van der Waals surface area contributed by atoms with Crippen LogP contribution >= 0.6 is 0 Å². The molecule has 25 heavy (non-hydrogen) atoms. The van der Waals surface area contributed by atoms with E-state index in [1.807, 2.05) is 75.4 Å². The van der Waals surface area contributed by atoms with Gasteiger partial charge in [0.1, 0.15) is 12.4 Å². The minimum atomic E-state index is -0.965. The lowest BCUT2D eigenvalue weighted by Crippen LogP contribution is -2.46. The van der Waals surface area contributed by atoms with Gasteiger partial charge in [-0.3, -0.25) is 4.90 Å².